The lowest BCUT2D eigenvalue weighted by molar-refractivity contribution is -0.131. The van der Waals surface area contributed by atoms with Crippen LogP contribution >= 0.6 is 0 Å². The third-order valence-corrected chi connectivity index (χ3v) is 5.05. The zero-order valence-electron chi connectivity index (χ0n) is 15.0. The van der Waals surface area contributed by atoms with E-state index in [4.69, 9.17) is 0 Å². The summed E-state index contributed by atoms with van der Waals surface area (Å²) in [4.78, 5) is 17.1. The first-order valence-electron chi connectivity index (χ1n) is 8.67. The Morgan fingerprint density at radius 1 is 1.26 bits per heavy atom. The van der Waals surface area contributed by atoms with Gasteiger partial charge in [0.1, 0.15) is 0 Å². The fourth-order valence-corrected chi connectivity index (χ4v) is 3.71. The van der Waals surface area contributed by atoms with Gasteiger partial charge in [-0.15, -0.1) is 0 Å². The molecule has 126 valence electrons. The van der Waals surface area contributed by atoms with Gasteiger partial charge < -0.3 is 9.80 Å². The molecular weight excluding hydrogens is 284 g/mol. The van der Waals surface area contributed by atoms with Gasteiger partial charge in [0.2, 0.25) is 5.91 Å². The summed E-state index contributed by atoms with van der Waals surface area (Å²) < 4.78 is 0. The zero-order valence-corrected chi connectivity index (χ0v) is 15.0. The SMILES string of the molecule is C=C1C(C)C(C(CC)c2ccccc2)C(=O)N1CCCN(C)C. The van der Waals surface area contributed by atoms with E-state index in [1.807, 2.05) is 11.0 Å². The van der Waals surface area contributed by atoms with Crippen molar-refractivity contribution in [3.63, 3.8) is 0 Å². The monoisotopic (exact) mass is 314 g/mol. The number of hydrogen-bond donors (Lipinski definition) is 0. The molecular formula is C20H30N2O. The molecule has 1 aromatic carbocycles. The van der Waals surface area contributed by atoms with Crippen molar-refractivity contribution in [3.8, 4) is 0 Å². The van der Waals surface area contributed by atoms with E-state index < -0.39 is 0 Å². The first-order chi connectivity index (χ1) is 11.0. The van der Waals surface area contributed by atoms with Gasteiger partial charge in [0.15, 0.2) is 0 Å². The average molecular weight is 314 g/mol. The quantitative estimate of drug-likeness (QED) is 0.765. The summed E-state index contributed by atoms with van der Waals surface area (Å²) in [6.45, 7) is 10.3. The minimum absolute atomic E-state index is 0.0225. The van der Waals surface area contributed by atoms with Crippen LogP contribution in [0.4, 0.5) is 0 Å². The molecule has 1 aromatic rings. The van der Waals surface area contributed by atoms with E-state index in [-0.39, 0.29) is 23.7 Å². The summed E-state index contributed by atoms with van der Waals surface area (Å²) in [5, 5.41) is 0. The van der Waals surface area contributed by atoms with Crippen molar-refractivity contribution in [3.05, 3.63) is 48.2 Å². The number of nitrogens with zero attached hydrogens (tertiary/aromatic N) is 2. The van der Waals surface area contributed by atoms with Gasteiger partial charge in [-0.2, -0.15) is 0 Å². The molecule has 3 nitrogen and oxygen atoms in total. The number of carbonyl (C=O) groups is 1. The van der Waals surface area contributed by atoms with Crippen LogP contribution in [0.25, 0.3) is 0 Å². The van der Waals surface area contributed by atoms with Gasteiger partial charge in [-0.05, 0) is 45.0 Å². The van der Waals surface area contributed by atoms with Gasteiger partial charge in [0.05, 0.1) is 5.92 Å². The molecule has 1 heterocycles. The van der Waals surface area contributed by atoms with E-state index >= 15 is 0 Å². The van der Waals surface area contributed by atoms with Crippen molar-refractivity contribution < 1.29 is 4.79 Å². The minimum atomic E-state index is 0.0225. The molecule has 1 saturated heterocycles. The van der Waals surface area contributed by atoms with Crippen LogP contribution in [0.5, 0.6) is 0 Å². The third kappa shape index (κ3) is 3.84. The van der Waals surface area contributed by atoms with Gasteiger partial charge in [-0.25, -0.2) is 0 Å². The molecule has 1 aliphatic heterocycles. The number of benzene rings is 1. The molecule has 0 aromatic heterocycles. The normalized spacial score (nSPS) is 22.9. The number of likely N-dealkylation sites (tertiary alicyclic amines) is 1. The lowest BCUT2D eigenvalue weighted by atomic mass is 9.78. The predicted molar refractivity (Wildman–Crippen MR) is 96.2 cm³/mol. The highest BCUT2D eigenvalue weighted by Gasteiger charge is 2.44. The number of amides is 1. The Bertz CT molecular complexity index is 538. The lowest BCUT2D eigenvalue weighted by Crippen LogP contribution is -2.31. The third-order valence-electron chi connectivity index (χ3n) is 5.05. The van der Waals surface area contributed by atoms with Gasteiger partial charge in [0.25, 0.3) is 0 Å². The Kier molecular flexibility index (Phi) is 6.00. The highest BCUT2D eigenvalue weighted by atomic mass is 16.2. The molecule has 1 fully saturated rings. The molecule has 1 aliphatic rings. The van der Waals surface area contributed by atoms with Gasteiger partial charge in [0, 0.05) is 18.2 Å². The topological polar surface area (TPSA) is 23.6 Å². The summed E-state index contributed by atoms with van der Waals surface area (Å²) in [7, 11) is 4.13. The maximum atomic E-state index is 13.0. The van der Waals surface area contributed by atoms with Crippen molar-refractivity contribution in [1.29, 1.82) is 0 Å². The fraction of sp³-hybridized carbons (Fsp3) is 0.550. The number of rotatable bonds is 7. The molecule has 0 saturated carbocycles. The van der Waals surface area contributed by atoms with Crippen molar-refractivity contribution in [2.24, 2.45) is 11.8 Å². The summed E-state index contributed by atoms with van der Waals surface area (Å²) in [6.07, 6.45) is 1.96. The second-order valence-corrected chi connectivity index (χ2v) is 6.88. The molecule has 0 spiro atoms. The molecule has 1 amide bonds. The Balaban J connectivity index is 2.15. The van der Waals surface area contributed by atoms with Crippen LogP contribution in [0.1, 0.15) is 38.2 Å². The molecule has 0 N–H and O–H groups in total. The molecule has 3 unspecified atom stereocenters. The summed E-state index contributed by atoms with van der Waals surface area (Å²) in [5.41, 5.74) is 2.26. The van der Waals surface area contributed by atoms with Crippen LogP contribution in [-0.2, 0) is 4.79 Å². The van der Waals surface area contributed by atoms with Crippen molar-refractivity contribution in [2.45, 2.75) is 32.6 Å². The first-order valence-corrected chi connectivity index (χ1v) is 8.67. The molecule has 0 aliphatic carbocycles. The van der Waals surface area contributed by atoms with Crippen LogP contribution < -0.4 is 0 Å². The fourth-order valence-electron chi connectivity index (χ4n) is 3.71. The molecule has 3 heteroatoms. The van der Waals surface area contributed by atoms with Crippen LogP contribution in [0.2, 0.25) is 0 Å². The van der Waals surface area contributed by atoms with Gasteiger partial charge >= 0.3 is 0 Å². The van der Waals surface area contributed by atoms with E-state index in [9.17, 15) is 4.79 Å². The molecule has 3 atom stereocenters. The predicted octanol–water partition coefficient (Wildman–Crippen LogP) is 3.74. The number of carbonyl (C=O) groups excluding carboxylic acids is 1. The molecule has 0 bridgehead atoms. The van der Waals surface area contributed by atoms with Crippen LogP contribution in [0.3, 0.4) is 0 Å². The van der Waals surface area contributed by atoms with Crippen molar-refractivity contribution in [1.82, 2.24) is 9.80 Å². The Labute approximate surface area is 141 Å². The van der Waals surface area contributed by atoms with Gasteiger partial charge in [-0.1, -0.05) is 50.8 Å². The minimum Gasteiger partial charge on any atom is -0.316 e. The Morgan fingerprint density at radius 2 is 1.91 bits per heavy atom. The smallest absolute Gasteiger partial charge is 0.231 e. The second kappa shape index (κ2) is 7.78. The van der Waals surface area contributed by atoms with Crippen molar-refractivity contribution in [2.75, 3.05) is 27.2 Å². The largest absolute Gasteiger partial charge is 0.316 e. The highest BCUT2D eigenvalue weighted by molar-refractivity contribution is 5.85. The number of hydrogen-bond acceptors (Lipinski definition) is 2. The average Bonchev–Trinajstić information content (AvgIpc) is 2.74. The van der Waals surface area contributed by atoms with Crippen molar-refractivity contribution >= 4 is 5.91 Å². The Hall–Kier alpha value is -1.61. The van der Waals surface area contributed by atoms with E-state index in [1.165, 1.54) is 5.56 Å². The molecule has 0 radical (unpaired) electrons. The summed E-state index contributed by atoms with van der Waals surface area (Å²) in [6, 6.07) is 10.4. The van der Waals surface area contributed by atoms with Crippen LogP contribution in [0, 0.1) is 11.8 Å². The van der Waals surface area contributed by atoms with Gasteiger partial charge in [-0.3, -0.25) is 4.79 Å². The van der Waals surface area contributed by atoms with Crippen LogP contribution in [0.15, 0.2) is 42.6 Å². The van der Waals surface area contributed by atoms with Crippen LogP contribution in [-0.4, -0.2) is 42.9 Å². The van der Waals surface area contributed by atoms with E-state index in [0.29, 0.717) is 0 Å². The summed E-state index contributed by atoms with van der Waals surface area (Å²) in [5.74, 6) is 0.771. The van der Waals surface area contributed by atoms with E-state index in [2.05, 4.69) is 63.7 Å². The second-order valence-electron chi connectivity index (χ2n) is 6.88. The maximum Gasteiger partial charge on any atom is 0.231 e. The maximum absolute atomic E-state index is 13.0. The summed E-state index contributed by atoms with van der Waals surface area (Å²) >= 11 is 0. The molecule has 23 heavy (non-hydrogen) atoms. The Morgan fingerprint density at radius 3 is 2.48 bits per heavy atom. The highest BCUT2D eigenvalue weighted by Crippen LogP contribution is 2.43. The molecule has 2 rings (SSSR count). The standard InChI is InChI=1S/C20H30N2O/c1-6-18(17-11-8-7-9-12-17)19-15(2)16(3)22(20(19)23)14-10-13-21(4)5/h7-9,11-12,15,18-19H,3,6,10,13-14H2,1-2,4-5H3. The van der Waals surface area contributed by atoms with E-state index in [1.54, 1.807) is 0 Å². The lowest BCUT2D eigenvalue weighted by Gasteiger charge is -2.24. The number of allylic oxidation sites excluding steroid dienone is 1. The zero-order chi connectivity index (χ0) is 17.0. The first kappa shape index (κ1) is 17.7. The van der Waals surface area contributed by atoms with E-state index in [0.717, 1.165) is 31.6 Å².